The van der Waals surface area contributed by atoms with Crippen LogP contribution >= 0.6 is 11.8 Å². The molecule has 1 saturated heterocycles. The van der Waals surface area contributed by atoms with Crippen molar-refractivity contribution in [2.45, 2.75) is 51.2 Å². The zero-order valence-electron chi connectivity index (χ0n) is 11.7. The molecular formula is C14H30N2S. The Kier molecular flexibility index (Phi) is 8.33. The maximum absolute atomic E-state index is 5.64. The predicted molar refractivity (Wildman–Crippen MR) is 79.7 cm³/mol. The zero-order valence-corrected chi connectivity index (χ0v) is 12.5. The van der Waals surface area contributed by atoms with Crippen LogP contribution in [0.1, 0.15) is 46.0 Å². The number of rotatable bonds is 8. The molecule has 2 nitrogen and oxygen atoms in total. The Hall–Kier alpha value is 0.270. The van der Waals surface area contributed by atoms with Gasteiger partial charge >= 0.3 is 0 Å². The molecule has 1 rings (SSSR count). The van der Waals surface area contributed by atoms with Gasteiger partial charge in [-0.25, -0.2) is 0 Å². The third-order valence-corrected chi connectivity index (χ3v) is 5.29. The summed E-state index contributed by atoms with van der Waals surface area (Å²) < 4.78 is 0. The number of nitrogens with two attached hydrogens (primary N) is 1. The van der Waals surface area contributed by atoms with Gasteiger partial charge in [-0.1, -0.05) is 20.3 Å². The summed E-state index contributed by atoms with van der Waals surface area (Å²) in [4.78, 5) is 2.67. The predicted octanol–water partition coefficient (Wildman–Crippen LogP) is 2.97. The van der Waals surface area contributed by atoms with E-state index in [2.05, 4.69) is 30.5 Å². The van der Waals surface area contributed by atoms with E-state index in [0.717, 1.165) is 17.7 Å². The van der Waals surface area contributed by atoms with Crippen molar-refractivity contribution in [3.8, 4) is 0 Å². The standard InChI is InChI=1S/C14H30N2S/c1-3-13(7-8-15)6-5-9-16-10-11-17-14(4-2)12-16/h13-14H,3-12,15H2,1-2H3. The van der Waals surface area contributed by atoms with Gasteiger partial charge < -0.3 is 10.6 Å². The molecule has 0 bridgehead atoms. The van der Waals surface area contributed by atoms with E-state index >= 15 is 0 Å². The minimum atomic E-state index is 0.858. The second kappa shape index (κ2) is 9.23. The van der Waals surface area contributed by atoms with Crippen LogP contribution in [0, 0.1) is 5.92 Å². The van der Waals surface area contributed by atoms with E-state index in [1.165, 1.54) is 57.5 Å². The highest BCUT2D eigenvalue weighted by atomic mass is 32.2. The van der Waals surface area contributed by atoms with Crippen LogP contribution in [0.25, 0.3) is 0 Å². The molecule has 0 spiro atoms. The number of nitrogens with zero attached hydrogens (tertiary/aromatic N) is 1. The average molecular weight is 258 g/mol. The minimum Gasteiger partial charge on any atom is -0.330 e. The van der Waals surface area contributed by atoms with Crippen molar-refractivity contribution in [3.05, 3.63) is 0 Å². The number of hydrogen-bond donors (Lipinski definition) is 1. The third kappa shape index (κ3) is 6.12. The normalized spacial score (nSPS) is 23.8. The van der Waals surface area contributed by atoms with E-state index in [0.29, 0.717) is 0 Å². The molecule has 1 aliphatic heterocycles. The molecule has 17 heavy (non-hydrogen) atoms. The summed E-state index contributed by atoms with van der Waals surface area (Å²) in [5, 5.41) is 0.884. The lowest BCUT2D eigenvalue weighted by Gasteiger charge is -2.32. The third-order valence-electron chi connectivity index (χ3n) is 3.92. The van der Waals surface area contributed by atoms with Crippen LogP contribution in [0.15, 0.2) is 0 Å². The van der Waals surface area contributed by atoms with Gasteiger partial charge in [0.2, 0.25) is 0 Å². The van der Waals surface area contributed by atoms with Crippen molar-refractivity contribution >= 4 is 11.8 Å². The molecule has 1 fully saturated rings. The van der Waals surface area contributed by atoms with Gasteiger partial charge in [-0.3, -0.25) is 0 Å². The van der Waals surface area contributed by atoms with Crippen LogP contribution < -0.4 is 5.73 Å². The molecule has 1 heterocycles. The molecule has 0 aliphatic carbocycles. The number of thioether (sulfide) groups is 1. The molecule has 2 unspecified atom stereocenters. The van der Waals surface area contributed by atoms with Gasteiger partial charge in [0.25, 0.3) is 0 Å². The van der Waals surface area contributed by atoms with Crippen molar-refractivity contribution in [3.63, 3.8) is 0 Å². The summed E-state index contributed by atoms with van der Waals surface area (Å²) in [6, 6.07) is 0. The molecular weight excluding hydrogens is 228 g/mol. The van der Waals surface area contributed by atoms with E-state index in [1.807, 2.05) is 0 Å². The molecule has 2 N–H and O–H groups in total. The minimum absolute atomic E-state index is 0.858. The molecule has 1 aliphatic rings. The van der Waals surface area contributed by atoms with Crippen molar-refractivity contribution in [2.75, 3.05) is 31.9 Å². The second-order valence-corrected chi connectivity index (χ2v) is 6.60. The van der Waals surface area contributed by atoms with Gasteiger partial charge in [0, 0.05) is 24.1 Å². The molecule has 0 radical (unpaired) electrons. The van der Waals surface area contributed by atoms with Gasteiger partial charge in [-0.15, -0.1) is 0 Å². The zero-order chi connectivity index (χ0) is 12.5. The first kappa shape index (κ1) is 15.3. The summed E-state index contributed by atoms with van der Waals surface area (Å²) in [6.45, 7) is 9.39. The van der Waals surface area contributed by atoms with Crippen LogP contribution in [-0.2, 0) is 0 Å². The van der Waals surface area contributed by atoms with E-state index in [1.54, 1.807) is 0 Å². The molecule has 2 atom stereocenters. The van der Waals surface area contributed by atoms with Crippen LogP contribution in [0.4, 0.5) is 0 Å². The highest BCUT2D eigenvalue weighted by Crippen LogP contribution is 2.22. The van der Waals surface area contributed by atoms with Crippen LogP contribution in [-0.4, -0.2) is 42.1 Å². The fraction of sp³-hybridized carbons (Fsp3) is 1.00. The fourth-order valence-corrected chi connectivity index (χ4v) is 3.87. The average Bonchev–Trinajstić information content (AvgIpc) is 2.38. The fourth-order valence-electron chi connectivity index (χ4n) is 2.62. The molecule has 0 aromatic heterocycles. The highest BCUT2D eigenvalue weighted by Gasteiger charge is 2.18. The van der Waals surface area contributed by atoms with Gasteiger partial charge in [-0.05, 0) is 44.7 Å². The largest absolute Gasteiger partial charge is 0.330 e. The summed E-state index contributed by atoms with van der Waals surface area (Å²) in [6.07, 6.45) is 6.56. The molecule has 102 valence electrons. The summed E-state index contributed by atoms with van der Waals surface area (Å²) in [7, 11) is 0. The van der Waals surface area contributed by atoms with Gasteiger partial charge in [0.15, 0.2) is 0 Å². The molecule has 0 saturated carbocycles. The Morgan fingerprint density at radius 3 is 2.82 bits per heavy atom. The Morgan fingerprint density at radius 2 is 2.18 bits per heavy atom. The summed E-state index contributed by atoms with van der Waals surface area (Å²) in [5.74, 6) is 2.19. The van der Waals surface area contributed by atoms with Crippen molar-refractivity contribution in [1.29, 1.82) is 0 Å². The SMILES string of the molecule is CCC(CCN)CCCN1CCSC(CC)C1. The van der Waals surface area contributed by atoms with Crippen molar-refractivity contribution in [1.82, 2.24) is 4.90 Å². The smallest absolute Gasteiger partial charge is 0.0172 e. The lowest BCUT2D eigenvalue weighted by Crippen LogP contribution is -2.38. The first-order chi connectivity index (χ1) is 8.30. The maximum Gasteiger partial charge on any atom is 0.0172 e. The van der Waals surface area contributed by atoms with Crippen LogP contribution in [0.2, 0.25) is 0 Å². The van der Waals surface area contributed by atoms with E-state index in [-0.39, 0.29) is 0 Å². The molecule has 3 heteroatoms. The van der Waals surface area contributed by atoms with E-state index < -0.39 is 0 Å². The van der Waals surface area contributed by atoms with Gasteiger partial charge in [0.1, 0.15) is 0 Å². The Morgan fingerprint density at radius 1 is 1.35 bits per heavy atom. The topological polar surface area (TPSA) is 29.3 Å². The first-order valence-electron chi connectivity index (χ1n) is 7.34. The number of hydrogen-bond acceptors (Lipinski definition) is 3. The van der Waals surface area contributed by atoms with Crippen molar-refractivity contribution < 1.29 is 0 Å². The van der Waals surface area contributed by atoms with Crippen molar-refractivity contribution in [2.24, 2.45) is 11.7 Å². The lowest BCUT2D eigenvalue weighted by atomic mass is 9.96. The van der Waals surface area contributed by atoms with E-state index in [4.69, 9.17) is 5.73 Å². The molecule has 0 amide bonds. The Bertz CT molecular complexity index is 187. The van der Waals surface area contributed by atoms with Crippen LogP contribution in [0.5, 0.6) is 0 Å². The maximum atomic E-state index is 5.64. The summed E-state index contributed by atoms with van der Waals surface area (Å²) >= 11 is 2.16. The van der Waals surface area contributed by atoms with Gasteiger partial charge in [-0.2, -0.15) is 11.8 Å². The monoisotopic (exact) mass is 258 g/mol. The Balaban J connectivity index is 2.12. The van der Waals surface area contributed by atoms with Gasteiger partial charge in [0.05, 0.1) is 0 Å². The molecule has 0 aromatic rings. The lowest BCUT2D eigenvalue weighted by molar-refractivity contribution is 0.264. The summed E-state index contributed by atoms with van der Waals surface area (Å²) in [5.41, 5.74) is 5.64. The van der Waals surface area contributed by atoms with Crippen LogP contribution in [0.3, 0.4) is 0 Å². The first-order valence-corrected chi connectivity index (χ1v) is 8.39. The second-order valence-electron chi connectivity index (χ2n) is 5.20. The molecule has 0 aromatic carbocycles. The highest BCUT2D eigenvalue weighted by molar-refractivity contribution is 8.00. The Labute approximate surface area is 112 Å². The quantitative estimate of drug-likeness (QED) is 0.726. The van der Waals surface area contributed by atoms with E-state index in [9.17, 15) is 0 Å².